The Labute approximate surface area is 175 Å². The minimum absolute atomic E-state index is 0.198. The number of carbonyl (C=O) groups is 2. The third-order valence-electron chi connectivity index (χ3n) is 4.38. The van der Waals surface area contributed by atoms with Crippen LogP contribution in [0, 0.1) is 13.8 Å². The summed E-state index contributed by atoms with van der Waals surface area (Å²) in [5, 5.41) is 0. The molecule has 0 fully saturated rings. The van der Waals surface area contributed by atoms with Crippen LogP contribution in [-0.4, -0.2) is 18.4 Å². The van der Waals surface area contributed by atoms with Crippen molar-refractivity contribution in [2.75, 3.05) is 6.61 Å². The molecule has 2 N–H and O–H groups in total. The molecule has 0 bridgehead atoms. The highest BCUT2D eigenvalue weighted by atomic mass is 16.5. The third kappa shape index (κ3) is 6.10. The molecule has 2 amide bonds. The van der Waals surface area contributed by atoms with Crippen molar-refractivity contribution in [1.29, 1.82) is 0 Å². The first kappa shape index (κ1) is 20.9. The summed E-state index contributed by atoms with van der Waals surface area (Å²) in [5.74, 6) is 0.417. The second-order valence-electron chi connectivity index (χ2n) is 6.86. The first-order valence-corrected chi connectivity index (χ1v) is 9.57. The zero-order valence-corrected chi connectivity index (χ0v) is 17.0. The number of rotatable bonds is 7. The molecule has 6 nitrogen and oxygen atoms in total. The molecule has 0 aliphatic carbocycles. The molecule has 3 aromatic rings. The number of carbonyl (C=O) groups excluding carboxylic acids is 2. The minimum Gasteiger partial charge on any atom is -0.489 e. The zero-order chi connectivity index (χ0) is 21.3. The van der Waals surface area contributed by atoms with Gasteiger partial charge in [0.2, 0.25) is 0 Å². The fourth-order valence-corrected chi connectivity index (χ4v) is 2.68. The number of aryl methyl sites for hydroxylation is 2. The number of hydrogen-bond donors (Lipinski definition) is 2. The molecule has 30 heavy (non-hydrogen) atoms. The fourth-order valence-electron chi connectivity index (χ4n) is 2.68. The average Bonchev–Trinajstić information content (AvgIpc) is 2.77. The molecule has 0 heterocycles. The molecular weight excluding hydrogens is 380 g/mol. The van der Waals surface area contributed by atoms with Crippen LogP contribution in [0.1, 0.15) is 27.0 Å². The van der Waals surface area contributed by atoms with Crippen LogP contribution in [0.3, 0.4) is 0 Å². The summed E-state index contributed by atoms with van der Waals surface area (Å²) >= 11 is 0. The fraction of sp³-hybridized carbons (Fsp3) is 0.167. The number of hydrogen-bond acceptors (Lipinski definition) is 4. The van der Waals surface area contributed by atoms with Gasteiger partial charge in [0.1, 0.15) is 18.1 Å². The van der Waals surface area contributed by atoms with E-state index in [9.17, 15) is 9.59 Å². The van der Waals surface area contributed by atoms with E-state index in [1.165, 1.54) is 0 Å². The van der Waals surface area contributed by atoms with Gasteiger partial charge in [0.05, 0.1) is 0 Å². The maximum atomic E-state index is 12.2. The predicted octanol–water partition coefficient (Wildman–Crippen LogP) is 3.72. The maximum Gasteiger partial charge on any atom is 0.276 e. The largest absolute Gasteiger partial charge is 0.489 e. The Morgan fingerprint density at radius 2 is 1.57 bits per heavy atom. The SMILES string of the molecule is Cc1ccc(C)c(OCC(=O)NNC(=O)c2ccc(OCc3ccccc3)cc2)c1. The standard InChI is InChI=1S/C24H24N2O4/c1-17-8-9-18(2)22(14-17)30-16-23(27)25-26-24(28)20-10-12-21(13-11-20)29-15-19-6-4-3-5-7-19/h3-14H,15-16H2,1-2H3,(H,25,27)(H,26,28). The van der Waals surface area contributed by atoms with Crippen molar-refractivity contribution < 1.29 is 19.1 Å². The molecule has 0 spiro atoms. The van der Waals surface area contributed by atoms with Gasteiger partial charge in [-0.15, -0.1) is 0 Å². The Morgan fingerprint density at radius 3 is 2.30 bits per heavy atom. The second-order valence-corrected chi connectivity index (χ2v) is 6.86. The van der Waals surface area contributed by atoms with Crippen LogP contribution in [0.15, 0.2) is 72.8 Å². The molecule has 3 aromatic carbocycles. The molecule has 0 aliphatic heterocycles. The summed E-state index contributed by atoms with van der Waals surface area (Å²) in [6.07, 6.45) is 0. The Morgan fingerprint density at radius 1 is 0.833 bits per heavy atom. The number of nitrogens with one attached hydrogen (secondary N) is 2. The minimum atomic E-state index is -0.452. The van der Waals surface area contributed by atoms with Crippen LogP contribution < -0.4 is 20.3 Å². The molecule has 0 aromatic heterocycles. The van der Waals surface area contributed by atoms with E-state index in [0.717, 1.165) is 16.7 Å². The van der Waals surface area contributed by atoms with Gasteiger partial charge in [-0.3, -0.25) is 20.4 Å². The molecule has 3 rings (SSSR count). The third-order valence-corrected chi connectivity index (χ3v) is 4.38. The van der Waals surface area contributed by atoms with Gasteiger partial charge >= 0.3 is 0 Å². The average molecular weight is 404 g/mol. The summed E-state index contributed by atoms with van der Waals surface area (Å²) in [6.45, 7) is 4.10. The van der Waals surface area contributed by atoms with E-state index < -0.39 is 11.8 Å². The van der Waals surface area contributed by atoms with Crippen LogP contribution in [0.25, 0.3) is 0 Å². The molecular formula is C24H24N2O4. The summed E-state index contributed by atoms with van der Waals surface area (Å²) in [5.41, 5.74) is 8.17. The molecule has 0 atom stereocenters. The van der Waals surface area contributed by atoms with Crippen molar-refractivity contribution in [3.05, 3.63) is 95.1 Å². The molecule has 0 aliphatic rings. The maximum absolute atomic E-state index is 12.2. The lowest BCUT2D eigenvalue weighted by Crippen LogP contribution is -2.43. The van der Waals surface area contributed by atoms with Gasteiger partial charge in [0.15, 0.2) is 6.61 Å². The Kier molecular flexibility index (Phi) is 7.05. The van der Waals surface area contributed by atoms with Crippen molar-refractivity contribution in [3.8, 4) is 11.5 Å². The van der Waals surface area contributed by atoms with E-state index in [0.29, 0.717) is 23.7 Å². The topological polar surface area (TPSA) is 76.7 Å². The van der Waals surface area contributed by atoms with Gasteiger partial charge in [-0.25, -0.2) is 0 Å². The van der Waals surface area contributed by atoms with Crippen LogP contribution in [0.4, 0.5) is 0 Å². The second kappa shape index (κ2) is 10.1. The number of benzene rings is 3. The lowest BCUT2D eigenvalue weighted by molar-refractivity contribution is -0.123. The summed E-state index contributed by atoms with van der Waals surface area (Å²) in [4.78, 5) is 24.2. The van der Waals surface area contributed by atoms with Gasteiger partial charge in [-0.05, 0) is 60.9 Å². The van der Waals surface area contributed by atoms with E-state index in [2.05, 4.69) is 10.9 Å². The lowest BCUT2D eigenvalue weighted by atomic mass is 10.1. The Balaban J connectivity index is 1.44. The highest BCUT2D eigenvalue weighted by Gasteiger charge is 2.09. The van der Waals surface area contributed by atoms with E-state index in [-0.39, 0.29) is 6.61 Å². The monoisotopic (exact) mass is 404 g/mol. The predicted molar refractivity (Wildman–Crippen MR) is 114 cm³/mol. The summed E-state index contributed by atoms with van der Waals surface area (Å²) < 4.78 is 11.2. The lowest BCUT2D eigenvalue weighted by Gasteiger charge is -2.11. The van der Waals surface area contributed by atoms with Gasteiger partial charge in [-0.2, -0.15) is 0 Å². The van der Waals surface area contributed by atoms with Gasteiger partial charge < -0.3 is 9.47 Å². The quantitative estimate of drug-likeness (QED) is 0.589. The van der Waals surface area contributed by atoms with Crippen LogP contribution in [0.2, 0.25) is 0 Å². The first-order chi connectivity index (χ1) is 14.5. The molecule has 6 heteroatoms. The summed E-state index contributed by atoms with van der Waals surface area (Å²) in [6, 6.07) is 22.3. The smallest absolute Gasteiger partial charge is 0.276 e. The van der Waals surface area contributed by atoms with Crippen molar-refractivity contribution in [1.82, 2.24) is 10.9 Å². The van der Waals surface area contributed by atoms with Crippen LogP contribution in [-0.2, 0) is 11.4 Å². The first-order valence-electron chi connectivity index (χ1n) is 9.57. The summed E-state index contributed by atoms with van der Waals surface area (Å²) in [7, 11) is 0. The molecule has 0 saturated heterocycles. The number of ether oxygens (including phenoxy) is 2. The highest BCUT2D eigenvalue weighted by molar-refractivity contribution is 5.95. The Bertz CT molecular complexity index is 1000. The Hall–Kier alpha value is -3.80. The van der Waals surface area contributed by atoms with Gasteiger partial charge in [0.25, 0.3) is 11.8 Å². The van der Waals surface area contributed by atoms with Crippen molar-refractivity contribution >= 4 is 11.8 Å². The van der Waals surface area contributed by atoms with E-state index in [4.69, 9.17) is 9.47 Å². The van der Waals surface area contributed by atoms with E-state index >= 15 is 0 Å². The van der Waals surface area contributed by atoms with E-state index in [1.54, 1.807) is 24.3 Å². The molecule has 0 radical (unpaired) electrons. The molecule has 0 saturated carbocycles. The van der Waals surface area contributed by atoms with Crippen LogP contribution >= 0.6 is 0 Å². The number of hydrazine groups is 1. The number of amides is 2. The molecule has 0 unspecified atom stereocenters. The van der Waals surface area contributed by atoms with Crippen LogP contribution in [0.5, 0.6) is 11.5 Å². The van der Waals surface area contributed by atoms with E-state index in [1.807, 2.05) is 62.4 Å². The van der Waals surface area contributed by atoms with Gasteiger partial charge in [-0.1, -0.05) is 42.5 Å². The van der Waals surface area contributed by atoms with Crippen molar-refractivity contribution in [2.24, 2.45) is 0 Å². The molecule has 154 valence electrons. The highest BCUT2D eigenvalue weighted by Crippen LogP contribution is 2.18. The zero-order valence-electron chi connectivity index (χ0n) is 17.0. The van der Waals surface area contributed by atoms with Gasteiger partial charge in [0, 0.05) is 5.56 Å². The normalized spacial score (nSPS) is 10.2. The van der Waals surface area contributed by atoms with Crippen molar-refractivity contribution in [2.45, 2.75) is 20.5 Å². The van der Waals surface area contributed by atoms with Crippen molar-refractivity contribution in [3.63, 3.8) is 0 Å².